The minimum Gasteiger partial charge on any atom is -0.490 e. The maximum Gasteiger partial charge on any atom is 0.225 e. The minimum atomic E-state index is -0.886. The average Bonchev–Trinajstić information content (AvgIpc) is 2.89. The van der Waals surface area contributed by atoms with Crippen molar-refractivity contribution in [2.24, 2.45) is 0 Å². The highest BCUT2D eigenvalue weighted by atomic mass is 35.5. The maximum absolute atomic E-state index is 13.2. The zero-order valence-electron chi connectivity index (χ0n) is 20.5. The molecular formula is C28H35ClN2O4. The first-order valence-corrected chi connectivity index (χ1v) is 12.9. The van der Waals surface area contributed by atoms with Crippen LogP contribution in [-0.4, -0.2) is 66.6 Å². The molecule has 35 heavy (non-hydrogen) atoms. The summed E-state index contributed by atoms with van der Waals surface area (Å²) in [5.74, 6) is 0.821. The Bertz CT molecular complexity index is 1010. The number of ether oxygens (including phenoxy) is 2. The van der Waals surface area contributed by atoms with Gasteiger partial charge in [-0.1, -0.05) is 41.9 Å². The number of benzene rings is 2. The number of rotatable bonds is 8. The molecule has 0 bridgehead atoms. The molecule has 2 amide bonds. The van der Waals surface area contributed by atoms with Crippen LogP contribution >= 0.6 is 11.6 Å². The zero-order chi connectivity index (χ0) is 24.7. The van der Waals surface area contributed by atoms with Gasteiger partial charge < -0.3 is 19.3 Å². The third-order valence-corrected chi connectivity index (χ3v) is 7.31. The van der Waals surface area contributed by atoms with E-state index in [2.05, 4.69) is 0 Å². The lowest BCUT2D eigenvalue weighted by atomic mass is 9.95. The van der Waals surface area contributed by atoms with Gasteiger partial charge in [-0.2, -0.15) is 0 Å². The number of morpholine rings is 1. The van der Waals surface area contributed by atoms with E-state index in [9.17, 15) is 9.59 Å². The molecule has 2 aromatic rings. The first-order chi connectivity index (χ1) is 16.9. The van der Waals surface area contributed by atoms with Crippen LogP contribution in [0.25, 0.3) is 0 Å². The maximum atomic E-state index is 13.2. The number of piperidine rings is 1. The number of amides is 2. The molecule has 7 heteroatoms. The first kappa shape index (κ1) is 25.5. The zero-order valence-corrected chi connectivity index (χ0v) is 21.3. The molecule has 2 fully saturated rings. The van der Waals surface area contributed by atoms with Gasteiger partial charge in [0.25, 0.3) is 0 Å². The van der Waals surface area contributed by atoms with Gasteiger partial charge in [-0.3, -0.25) is 9.59 Å². The molecule has 2 aliphatic rings. The Kier molecular flexibility index (Phi) is 8.69. The summed E-state index contributed by atoms with van der Waals surface area (Å²) in [6.45, 7) is 4.93. The Morgan fingerprint density at radius 1 is 1.00 bits per heavy atom. The summed E-state index contributed by atoms with van der Waals surface area (Å²) in [5, 5.41) is 0.677. The lowest BCUT2D eigenvalue weighted by molar-refractivity contribution is -0.166. The van der Waals surface area contributed by atoms with E-state index in [0.717, 1.165) is 43.5 Å². The second-order valence-electron chi connectivity index (χ2n) is 9.65. The molecule has 2 saturated heterocycles. The van der Waals surface area contributed by atoms with Gasteiger partial charge in [0.1, 0.15) is 18.0 Å². The van der Waals surface area contributed by atoms with Crippen molar-refractivity contribution in [2.45, 2.75) is 51.0 Å². The number of carbonyl (C=O) groups excluding carboxylic acids is 2. The van der Waals surface area contributed by atoms with E-state index in [4.69, 9.17) is 21.1 Å². The summed E-state index contributed by atoms with van der Waals surface area (Å²) < 4.78 is 12.4. The number of halogens is 1. The van der Waals surface area contributed by atoms with Crippen molar-refractivity contribution in [1.29, 1.82) is 0 Å². The van der Waals surface area contributed by atoms with Crippen LogP contribution in [0.3, 0.4) is 0 Å². The van der Waals surface area contributed by atoms with Crippen LogP contribution in [0.1, 0.15) is 43.2 Å². The molecule has 0 unspecified atom stereocenters. The van der Waals surface area contributed by atoms with Crippen LogP contribution in [0.4, 0.5) is 0 Å². The van der Waals surface area contributed by atoms with Crippen molar-refractivity contribution in [3.8, 4) is 5.75 Å². The van der Waals surface area contributed by atoms with Crippen LogP contribution in [0, 0.1) is 6.92 Å². The van der Waals surface area contributed by atoms with E-state index in [1.807, 2.05) is 59.2 Å². The van der Waals surface area contributed by atoms with E-state index >= 15 is 0 Å². The summed E-state index contributed by atoms with van der Waals surface area (Å²) in [4.78, 5) is 30.1. The number of aryl methyl sites for hydroxylation is 2. The van der Waals surface area contributed by atoms with Gasteiger partial charge in [-0.05, 0) is 61.9 Å². The highest BCUT2D eigenvalue weighted by Crippen LogP contribution is 2.28. The van der Waals surface area contributed by atoms with Crippen molar-refractivity contribution in [2.75, 3.05) is 39.4 Å². The van der Waals surface area contributed by atoms with Gasteiger partial charge in [-0.15, -0.1) is 0 Å². The Labute approximate surface area is 213 Å². The predicted octanol–water partition coefficient (Wildman–Crippen LogP) is 4.66. The van der Waals surface area contributed by atoms with Crippen molar-refractivity contribution in [1.82, 2.24) is 9.80 Å². The number of carbonyl (C=O) groups is 2. The second kappa shape index (κ2) is 11.9. The average molecular weight is 499 g/mol. The van der Waals surface area contributed by atoms with Gasteiger partial charge >= 0.3 is 0 Å². The molecular weight excluding hydrogens is 464 g/mol. The van der Waals surface area contributed by atoms with Crippen LogP contribution in [-0.2, 0) is 20.7 Å². The molecule has 0 saturated carbocycles. The fourth-order valence-electron chi connectivity index (χ4n) is 4.81. The molecule has 2 aliphatic heterocycles. The van der Waals surface area contributed by atoms with Crippen molar-refractivity contribution < 1.29 is 19.1 Å². The number of hydrogen-bond donors (Lipinski definition) is 0. The van der Waals surface area contributed by atoms with Gasteiger partial charge in [0.2, 0.25) is 11.8 Å². The van der Waals surface area contributed by atoms with Crippen LogP contribution < -0.4 is 4.74 Å². The highest BCUT2D eigenvalue weighted by molar-refractivity contribution is 6.31. The molecule has 2 heterocycles. The molecule has 0 N–H and O–H groups in total. The predicted molar refractivity (Wildman–Crippen MR) is 137 cm³/mol. The molecule has 188 valence electrons. The number of hydrogen-bond acceptors (Lipinski definition) is 4. The van der Waals surface area contributed by atoms with Gasteiger partial charge in [-0.25, -0.2) is 0 Å². The molecule has 0 aliphatic carbocycles. The summed E-state index contributed by atoms with van der Waals surface area (Å²) in [6, 6.07) is 15.5. The van der Waals surface area contributed by atoms with E-state index in [0.29, 0.717) is 43.3 Å². The van der Waals surface area contributed by atoms with Gasteiger partial charge in [0.05, 0.1) is 19.6 Å². The Morgan fingerprint density at radius 2 is 1.77 bits per heavy atom. The molecule has 2 aromatic carbocycles. The molecule has 4 rings (SSSR count). The van der Waals surface area contributed by atoms with Gasteiger partial charge in [0, 0.05) is 31.1 Å². The van der Waals surface area contributed by atoms with Gasteiger partial charge in [0.15, 0.2) is 0 Å². The van der Waals surface area contributed by atoms with Crippen molar-refractivity contribution in [3.63, 3.8) is 0 Å². The van der Waals surface area contributed by atoms with E-state index in [1.165, 1.54) is 0 Å². The van der Waals surface area contributed by atoms with E-state index in [1.54, 1.807) is 6.07 Å². The van der Waals surface area contributed by atoms with E-state index in [-0.39, 0.29) is 24.8 Å². The van der Waals surface area contributed by atoms with E-state index < -0.39 is 5.60 Å². The monoisotopic (exact) mass is 498 g/mol. The van der Waals surface area contributed by atoms with Crippen LogP contribution in [0.5, 0.6) is 5.75 Å². The summed E-state index contributed by atoms with van der Waals surface area (Å²) in [6.07, 6.45) is 4.54. The highest BCUT2D eigenvalue weighted by Gasteiger charge is 2.42. The second-order valence-corrected chi connectivity index (χ2v) is 10.1. The van der Waals surface area contributed by atoms with Crippen molar-refractivity contribution >= 4 is 23.4 Å². The normalized spacial score (nSPS) is 20.5. The fourth-order valence-corrected chi connectivity index (χ4v) is 4.93. The molecule has 1 atom stereocenters. The topological polar surface area (TPSA) is 59.1 Å². The summed E-state index contributed by atoms with van der Waals surface area (Å²) in [7, 11) is 0. The number of nitrogens with zero attached hydrogens (tertiary/aromatic N) is 2. The standard InChI is InChI=1S/C28H35ClN2O4/c1-22-18-24(11-12-25(22)29)34-21-28(19-27(33)30-14-6-3-7-15-30)20-31(16-17-35-28)26(32)13-10-23-8-4-2-5-9-23/h2,4-5,8-9,11-12,18H,3,6-7,10,13-17,19-21H2,1H3/t28-/m0/s1. The largest absolute Gasteiger partial charge is 0.490 e. The van der Waals surface area contributed by atoms with Crippen molar-refractivity contribution in [3.05, 3.63) is 64.7 Å². The van der Waals surface area contributed by atoms with Crippen LogP contribution in [0.15, 0.2) is 48.5 Å². The molecule has 6 nitrogen and oxygen atoms in total. The molecule has 0 radical (unpaired) electrons. The summed E-state index contributed by atoms with van der Waals surface area (Å²) in [5.41, 5.74) is 1.18. The fraction of sp³-hybridized carbons (Fsp3) is 0.500. The quantitative estimate of drug-likeness (QED) is 0.531. The number of likely N-dealkylation sites (tertiary alicyclic amines) is 1. The third-order valence-electron chi connectivity index (χ3n) is 6.88. The first-order valence-electron chi connectivity index (χ1n) is 12.6. The Hall–Kier alpha value is -2.57. The van der Waals surface area contributed by atoms with Crippen LogP contribution in [0.2, 0.25) is 5.02 Å². The lowest BCUT2D eigenvalue weighted by Gasteiger charge is -2.43. The minimum absolute atomic E-state index is 0.0687. The third kappa shape index (κ3) is 6.98. The Morgan fingerprint density at radius 3 is 2.51 bits per heavy atom. The lowest BCUT2D eigenvalue weighted by Crippen LogP contribution is -2.58. The smallest absolute Gasteiger partial charge is 0.225 e. The SMILES string of the molecule is Cc1cc(OC[C@]2(CC(=O)N3CCCCC3)CN(C(=O)CCc3ccccc3)CCO2)ccc1Cl. The Balaban J connectivity index is 1.46. The summed E-state index contributed by atoms with van der Waals surface area (Å²) >= 11 is 6.17. The molecule has 0 spiro atoms. The molecule has 0 aromatic heterocycles.